The summed E-state index contributed by atoms with van der Waals surface area (Å²) in [6.07, 6.45) is 1.36. The monoisotopic (exact) mass is 202 g/mol. The molecule has 0 aromatic heterocycles. The second-order valence-electron chi connectivity index (χ2n) is 4.26. The lowest BCUT2D eigenvalue weighted by atomic mass is 10.1. The number of nitrogens with one attached hydrogen (secondary N) is 1. The third kappa shape index (κ3) is 6.86. The summed E-state index contributed by atoms with van der Waals surface area (Å²) in [6.45, 7) is 4.53. The van der Waals surface area contributed by atoms with E-state index in [0.29, 0.717) is 19.5 Å². The summed E-state index contributed by atoms with van der Waals surface area (Å²) in [5, 5.41) is 12.6. The second kappa shape index (κ2) is 5.98. The fourth-order valence-electron chi connectivity index (χ4n) is 1.34. The van der Waals surface area contributed by atoms with E-state index in [9.17, 15) is 9.90 Å². The van der Waals surface area contributed by atoms with Crippen molar-refractivity contribution < 1.29 is 9.90 Å². The van der Waals surface area contributed by atoms with Crippen molar-refractivity contribution >= 4 is 5.91 Å². The number of aliphatic hydroxyl groups is 1. The number of hydrogen-bond donors (Lipinski definition) is 2. The average molecular weight is 202 g/mol. The third-order valence-electron chi connectivity index (χ3n) is 1.80. The van der Waals surface area contributed by atoms with E-state index in [1.54, 1.807) is 6.92 Å². The van der Waals surface area contributed by atoms with Crippen molar-refractivity contribution in [3.63, 3.8) is 0 Å². The first-order valence-corrected chi connectivity index (χ1v) is 5.01. The highest BCUT2D eigenvalue weighted by atomic mass is 16.3. The van der Waals surface area contributed by atoms with Crippen LogP contribution in [0, 0.1) is 0 Å². The Morgan fingerprint density at radius 3 is 2.50 bits per heavy atom. The summed E-state index contributed by atoms with van der Waals surface area (Å²) < 4.78 is 0. The molecule has 4 nitrogen and oxygen atoms in total. The van der Waals surface area contributed by atoms with E-state index in [-0.39, 0.29) is 5.91 Å². The molecule has 0 aromatic rings. The molecular weight excluding hydrogens is 180 g/mol. The van der Waals surface area contributed by atoms with Crippen LogP contribution in [0.15, 0.2) is 0 Å². The lowest BCUT2D eigenvalue weighted by molar-refractivity contribution is -0.122. The molecule has 0 spiro atoms. The number of hydrogen-bond acceptors (Lipinski definition) is 3. The summed E-state index contributed by atoms with van der Waals surface area (Å²) >= 11 is 0. The Balaban J connectivity index is 3.80. The van der Waals surface area contributed by atoms with Crippen LogP contribution in [0.5, 0.6) is 0 Å². The summed E-state index contributed by atoms with van der Waals surface area (Å²) in [6, 6.07) is 0. The molecule has 0 heterocycles. The van der Waals surface area contributed by atoms with Gasteiger partial charge in [-0.15, -0.1) is 0 Å². The molecule has 0 radical (unpaired) electrons. The van der Waals surface area contributed by atoms with Gasteiger partial charge in [-0.25, -0.2) is 0 Å². The number of carbonyl (C=O) groups is 1. The highest BCUT2D eigenvalue weighted by Crippen LogP contribution is 2.02. The first kappa shape index (κ1) is 13.4. The van der Waals surface area contributed by atoms with Gasteiger partial charge in [0, 0.05) is 19.5 Å². The van der Waals surface area contributed by atoms with Crippen molar-refractivity contribution in [1.29, 1.82) is 0 Å². The summed E-state index contributed by atoms with van der Waals surface area (Å²) in [4.78, 5) is 13.0. The zero-order chi connectivity index (χ0) is 11.2. The van der Waals surface area contributed by atoms with Crippen molar-refractivity contribution in [1.82, 2.24) is 10.2 Å². The Hall–Kier alpha value is -0.610. The normalized spacial score (nSPS) is 15.3. The molecule has 0 aliphatic carbocycles. The quantitative estimate of drug-likeness (QED) is 0.647. The van der Waals surface area contributed by atoms with Gasteiger partial charge < -0.3 is 15.3 Å². The molecule has 2 N–H and O–H groups in total. The van der Waals surface area contributed by atoms with Crippen LogP contribution < -0.4 is 5.32 Å². The maximum Gasteiger partial charge on any atom is 0.220 e. The Morgan fingerprint density at radius 1 is 1.50 bits per heavy atom. The van der Waals surface area contributed by atoms with Gasteiger partial charge >= 0.3 is 0 Å². The van der Waals surface area contributed by atoms with Gasteiger partial charge in [0.25, 0.3) is 0 Å². The van der Waals surface area contributed by atoms with Crippen molar-refractivity contribution in [3.8, 4) is 0 Å². The first-order valence-electron chi connectivity index (χ1n) is 5.01. The summed E-state index contributed by atoms with van der Waals surface area (Å²) in [5.41, 5.74) is -0.854. The predicted octanol–water partition coefficient (Wildman–Crippen LogP) is 0.215. The van der Waals surface area contributed by atoms with Crippen LogP contribution >= 0.6 is 0 Å². The van der Waals surface area contributed by atoms with Crippen LogP contribution in [0.25, 0.3) is 0 Å². The molecule has 0 aliphatic rings. The van der Waals surface area contributed by atoms with Crippen molar-refractivity contribution in [3.05, 3.63) is 0 Å². The second-order valence-corrected chi connectivity index (χ2v) is 4.26. The summed E-state index contributed by atoms with van der Waals surface area (Å²) in [7, 11) is 3.78. The minimum atomic E-state index is -0.854. The van der Waals surface area contributed by atoms with Crippen LogP contribution in [0.3, 0.4) is 0 Å². The fraction of sp³-hybridized carbons (Fsp3) is 0.900. The van der Waals surface area contributed by atoms with E-state index in [0.717, 1.165) is 6.42 Å². The van der Waals surface area contributed by atoms with Crippen LogP contribution in [-0.2, 0) is 4.79 Å². The van der Waals surface area contributed by atoms with Gasteiger partial charge in [-0.2, -0.15) is 0 Å². The van der Waals surface area contributed by atoms with Crippen molar-refractivity contribution in [2.24, 2.45) is 0 Å². The fourth-order valence-corrected chi connectivity index (χ4v) is 1.34. The van der Waals surface area contributed by atoms with E-state index < -0.39 is 5.60 Å². The van der Waals surface area contributed by atoms with Gasteiger partial charge in [0.1, 0.15) is 0 Å². The Labute approximate surface area is 86.3 Å². The largest absolute Gasteiger partial charge is 0.387 e. The van der Waals surface area contributed by atoms with Crippen LogP contribution in [0.2, 0.25) is 0 Å². The molecule has 14 heavy (non-hydrogen) atoms. The molecule has 4 heteroatoms. The van der Waals surface area contributed by atoms with Gasteiger partial charge in [0.05, 0.1) is 5.60 Å². The molecule has 1 atom stereocenters. The maximum atomic E-state index is 11.1. The van der Waals surface area contributed by atoms with Crippen LogP contribution in [0.1, 0.15) is 26.7 Å². The average Bonchev–Trinajstić information content (AvgIpc) is 1.99. The molecule has 1 amide bonds. The van der Waals surface area contributed by atoms with Crippen LogP contribution in [0.4, 0.5) is 0 Å². The van der Waals surface area contributed by atoms with Gasteiger partial charge in [0.2, 0.25) is 5.91 Å². The third-order valence-corrected chi connectivity index (χ3v) is 1.80. The standard InChI is InChI=1S/C10H22N2O2/c1-5-6-9(13)11-7-10(2,14)8-12(3)4/h14H,5-8H2,1-4H3,(H,11,13). The molecular formula is C10H22N2O2. The number of likely N-dealkylation sites (N-methyl/N-ethyl adjacent to an activating group) is 1. The lowest BCUT2D eigenvalue weighted by Gasteiger charge is -2.27. The molecule has 84 valence electrons. The predicted molar refractivity (Wildman–Crippen MR) is 57.1 cm³/mol. The SMILES string of the molecule is CCCC(=O)NCC(C)(O)CN(C)C. The molecule has 1 unspecified atom stereocenters. The van der Waals surface area contributed by atoms with Gasteiger partial charge in [-0.1, -0.05) is 6.92 Å². The minimum Gasteiger partial charge on any atom is -0.387 e. The van der Waals surface area contributed by atoms with Crippen molar-refractivity contribution in [2.45, 2.75) is 32.3 Å². The van der Waals surface area contributed by atoms with Crippen LogP contribution in [-0.4, -0.2) is 48.7 Å². The molecule has 0 fully saturated rings. The Kier molecular flexibility index (Phi) is 5.72. The molecule has 0 rings (SSSR count). The highest BCUT2D eigenvalue weighted by molar-refractivity contribution is 5.75. The molecule has 0 aliphatic heterocycles. The number of rotatable bonds is 6. The van der Waals surface area contributed by atoms with Gasteiger partial charge in [-0.3, -0.25) is 4.79 Å². The smallest absolute Gasteiger partial charge is 0.220 e. The molecule has 0 aromatic carbocycles. The Bertz CT molecular complexity index is 179. The number of carbonyl (C=O) groups excluding carboxylic acids is 1. The van der Waals surface area contributed by atoms with E-state index in [1.165, 1.54) is 0 Å². The minimum absolute atomic E-state index is 0.00605. The van der Waals surface area contributed by atoms with E-state index in [2.05, 4.69) is 5.32 Å². The topological polar surface area (TPSA) is 52.6 Å². The Morgan fingerprint density at radius 2 is 2.07 bits per heavy atom. The van der Waals surface area contributed by atoms with Gasteiger partial charge in [-0.05, 0) is 27.4 Å². The van der Waals surface area contributed by atoms with E-state index >= 15 is 0 Å². The number of nitrogens with zero attached hydrogens (tertiary/aromatic N) is 1. The van der Waals surface area contributed by atoms with E-state index in [4.69, 9.17) is 0 Å². The molecule has 0 bridgehead atoms. The summed E-state index contributed by atoms with van der Waals surface area (Å²) in [5.74, 6) is 0.00605. The molecule has 0 saturated heterocycles. The lowest BCUT2D eigenvalue weighted by Crippen LogP contribution is -2.47. The van der Waals surface area contributed by atoms with Gasteiger partial charge in [0.15, 0.2) is 0 Å². The zero-order valence-corrected chi connectivity index (χ0v) is 9.63. The first-order chi connectivity index (χ1) is 6.37. The number of amides is 1. The highest BCUT2D eigenvalue weighted by Gasteiger charge is 2.21. The molecule has 0 saturated carbocycles. The zero-order valence-electron chi connectivity index (χ0n) is 9.63. The van der Waals surface area contributed by atoms with Crippen molar-refractivity contribution in [2.75, 3.05) is 27.2 Å². The maximum absolute atomic E-state index is 11.1. The van der Waals surface area contributed by atoms with E-state index in [1.807, 2.05) is 25.9 Å².